The van der Waals surface area contributed by atoms with Crippen LogP contribution in [0.4, 0.5) is 17.1 Å². The molecule has 2 nitrogen and oxygen atoms in total. The highest BCUT2D eigenvalue weighted by atomic mass is 15.1. The maximum Gasteiger partial charge on any atom is 0.0725 e. The average Bonchev–Trinajstić information content (AvgIpc) is 2.61. The second-order valence-corrected chi connectivity index (χ2v) is 21.9. The van der Waals surface area contributed by atoms with Gasteiger partial charge in [0.15, 0.2) is 0 Å². The lowest BCUT2D eigenvalue weighted by Crippen LogP contribution is -2.25. The van der Waals surface area contributed by atoms with Gasteiger partial charge in [-0.1, -0.05) is 231 Å². The fourth-order valence-electron chi connectivity index (χ4n) is 14.4. The summed E-state index contributed by atoms with van der Waals surface area (Å²) in [5, 5.41) is 9.86. The van der Waals surface area contributed by atoms with E-state index in [1.54, 1.807) is 0 Å². The minimum atomic E-state index is -0.428. The number of hydrogen-bond donors (Lipinski definition) is 0. The number of nitrogens with zero attached hydrogens (tertiary/aromatic N) is 2. The molecule has 0 amide bonds. The predicted octanol–water partition coefficient (Wildman–Crippen LogP) is 21.1. The molecule has 376 valence electrons. The zero-order chi connectivity index (χ0) is 53.2. The SMILES string of the molecule is c1ccc(-n2c3ccccc3c3cc(N(c4ccc(-c5ccc6ccccc6c5)cc4)c4ccc(-c5c6ccccc6c(-c6ccc7c(c6)C6(c8ccccc8-c8ccccc86)c6ccccc6-7)c6ccccc56)cc4)ccc32)cc1. The zero-order valence-electron chi connectivity index (χ0n) is 44.3. The van der Waals surface area contributed by atoms with Gasteiger partial charge in [-0.15, -0.1) is 0 Å². The van der Waals surface area contributed by atoms with Crippen LogP contribution in [0.15, 0.2) is 303 Å². The second kappa shape index (κ2) is 17.7. The summed E-state index contributed by atoms with van der Waals surface area (Å²) in [5.41, 5.74) is 24.3. The van der Waals surface area contributed by atoms with E-state index in [-0.39, 0.29) is 0 Å². The summed E-state index contributed by atoms with van der Waals surface area (Å²) < 4.78 is 2.39. The molecule has 14 aromatic carbocycles. The molecule has 2 aliphatic rings. The van der Waals surface area contributed by atoms with Gasteiger partial charge in [-0.25, -0.2) is 0 Å². The molecule has 0 fully saturated rings. The van der Waals surface area contributed by atoms with E-state index in [0.717, 1.165) is 22.7 Å². The molecule has 0 saturated carbocycles. The normalized spacial score (nSPS) is 12.8. The first-order chi connectivity index (χ1) is 40.2. The van der Waals surface area contributed by atoms with Crippen molar-refractivity contribution in [2.75, 3.05) is 4.90 Å². The van der Waals surface area contributed by atoms with Crippen molar-refractivity contribution in [3.05, 3.63) is 326 Å². The molecule has 1 spiro atoms. The Hall–Kier alpha value is -10.5. The first-order valence-electron chi connectivity index (χ1n) is 28.2. The summed E-state index contributed by atoms with van der Waals surface area (Å²) in [6, 6.07) is 113. The summed E-state index contributed by atoms with van der Waals surface area (Å²) >= 11 is 0. The summed E-state index contributed by atoms with van der Waals surface area (Å²) in [6.45, 7) is 0. The van der Waals surface area contributed by atoms with Gasteiger partial charge in [0.05, 0.1) is 16.4 Å². The molecule has 2 heteroatoms. The molecule has 1 heterocycles. The molecule has 0 unspecified atom stereocenters. The molecule has 2 aliphatic carbocycles. The van der Waals surface area contributed by atoms with E-state index in [4.69, 9.17) is 0 Å². The van der Waals surface area contributed by atoms with Crippen molar-refractivity contribution in [1.82, 2.24) is 4.57 Å². The van der Waals surface area contributed by atoms with E-state index in [2.05, 4.69) is 313 Å². The van der Waals surface area contributed by atoms with Gasteiger partial charge in [-0.3, -0.25) is 0 Å². The Morgan fingerprint density at radius 1 is 0.247 bits per heavy atom. The molecule has 0 aliphatic heterocycles. The molecule has 0 N–H and O–H groups in total. The lowest BCUT2D eigenvalue weighted by Gasteiger charge is -2.31. The van der Waals surface area contributed by atoms with Crippen molar-refractivity contribution in [2.45, 2.75) is 5.41 Å². The number of aromatic nitrogens is 1. The molecule has 1 aromatic heterocycles. The molecule has 81 heavy (non-hydrogen) atoms. The number of para-hydroxylation sites is 2. The molecular formula is C79H50N2. The van der Waals surface area contributed by atoms with E-state index >= 15 is 0 Å². The van der Waals surface area contributed by atoms with Crippen molar-refractivity contribution < 1.29 is 0 Å². The lowest BCUT2D eigenvalue weighted by molar-refractivity contribution is 0.794. The van der Waals surface area contributed by atoms with Gasteiger partial charge in [0.25, 0.3) is 0 Å². The van der Waals surface area contributed by atoms with Crippen molar-refractivity contribution >= 4 is 71.2 Å². The van der Waals surface area contributed by atoms with E-state index in [0.29, 0.717) is 0 Å². The average molecular weight is 1030 g/mol. The zero-order valence-corrected chi connectivity index (χ0v) is 44.3. The minimum Gasteiger partial charge on any atom is -0.310 e. The molecule has 15 aromatic rings. The number of fused-ring (bicyclic) bond motifs is 16. The van der Waals surface area contributed by atoms with Crippen molar-refractivity contribution in [2.24, 2.45) is 0 Å². The summed E-state index contributed by atoms with van der Waals surface area (Å²) in [6.07, 6.45) is 0. The van der Waals surface area contributed by atoms with Gasteiger partial charge in [0.2, 0.25) is 0 Å². The van der Waals surface area contributed by atoms with E-state index < -0.39 is 5.41 Å². The fraction of sp³-hybridized carbons (Fsp3) is 0.0127. The smallest absolute Gasteiger partial charge is 0.0725 e. The van der Waals surface area contributed by atoms with Gasteiger partial charge in [-0.05, 0) is 183 Å². The third kappa shape index (κ3) is 6.68. The summed E-state index contributed by atoms with van der Waals surface area (Å²) in [5.74, 6) is 0. The molecule has 0 bridgehead atoms. The van der Waals surface area contributed by atoms with Gasteiger partial charge in [-0.2, -0.15) is 0 Å². The standard InChI is InChI=1S/C79H50N2/c1-2-20-57(21-3-1)81-75-33-17-13-25-65(75)70-50-60(45-47-76(70)81)80(58-41-36-52(37-42-58)55-35-34-51-18-4-5-19-54(51)48-55)59-43-38-53(39-44-59)77-66-26-6-8-28-68(66)78(69-29-9-7-27-67(69)77)56-40-46-64-63-24-12-16-32-73(63)79(74(64)49-56)71-30-14-10-22-61(71)62-23-11-15-31-72(62)79/h1-50H. The minimum absolute atomic E-state index is 0.428. The van der Waals surface area contributed by atoms with Crippen LogP contribution >= 0.6 is 0 Å². The Bertz CT molecular complexity index is 4920. The second-order valence-electron chi connectivity index (χ2n) is 21.9. The van der Waals surface area contributed by atoms with Crippen LogP contribution < -0.4 is 4.90 Å². The highest BCUT2D eigenvalue weighted by Gasteiger charge is 2.51. The van der Waals surface area contributed by atoms with E-state index in [1.165, 1.54) is 132 Å². The Kier molecular flexibility index (Phi) is 9.96. The largest absolute Gasteiger partial charge is 0.310 e. The highest BCUT2D eigenvalue weighted by molar-refractivity contribution is 6.22. The Morgan fingerprint density at radius 2 is 0.691 bits per heavy atom. The molecule has 0 saturated heterocycles. The van der Waals surface area contributed by atoms with Gasteiger partial charge >= 0.3 is 0 Å². The number of rotatable bonds is 7. The monoisotopic (exact) mass is 1030 g/mol. The van der Waals surface area contributed by atoms with Crippen LogP contribution in [0.2, 0.25) is 0 Å². The summed E-state index contributed by atoms with van der Waals surface area (Å²) in [4.78, 5) is 2.42. The van der Waals surface area contributed by atoms with Crippen LogP contribution in [0.1, 0.15) is 22.3 Å². The maximum atomic E-state index is 2.54. The number of anilines is 3. The maximum absolute atomic E-state index is 2.54. The van der Waals surface area contributed by atoms with Crippen LogP contribution in [0.5, 0.6) is 0 Å². The topological polar surface area (TPSA) is 8.17 Å². The number of hydrogen-bond acceptors (Lipinski definition) is 1. The third-order valence-electron chi connectivity index (χ3n) is 17.8. The molecular weight excluding hydrogens is 977 g/mol. The fourth-order valence-corrected chi connectivity index (χ4v) is 14.4. The van der Waals surface area contributed by atoms with Crippen molar-refractivity contribution in [3.8, 4) is 61.3 Å². The van der Waals surface area contributed by atoms with Crippen molar-refractivity contribution in [3.63, 3.8) is 0 Å². The quantitative estimate of drug-likeness (QED) is 0.144. The van der Waals surface area contributed by atoms with Gasteiger partial charge in [0.1, 0.15) is 0 Å². The van der Waals surface area contributed by atoms with Gasteiger partial charge < -0.3 is 9.47 Å². The van der Waals surface area contributed by atoms with Crippen LogP contribution in [-0.4, -0.2) is 4.57 Å². The van der Waals surface area contributed by atoms with Crippen LogP contribution in [0.25, 0.3) is 115 Å². The Morgan fingerprint density at radius 3 is 1.31 bits per heavy atom. The first-order valence-corrected chi connectivity index (χ1v) is 28.2. The lowest BCUT2D eigenvalue weighted by atomic mass is 9.70. The summed E-state index contributed by atoms with van der Waals surface area (Å²) in [7, 11) is 0. The third-order valence-corrected chi connectivity index (χ3v) is 17.8. The number of benzene rings is 14. The predicted molar refractivity (Wildman–Crippen MR) is 341 cm³/mol. The molecule has 0 radical (unpaired) electrons. The van der Waals surface area contributed by atoms with Crippen LogP contribution in [0, 0.1) is 0 Å². The van der Waals surface area contributed by atoms with E-state index in [1.807, 2.05) is 0 Å². The van der Waals surface area contributed by atoms with E-state index in [9.17, 15) is 0 Å². The molecule has 0 atom stereocenters. The van der Waals surface area contributed by atoms with Crippen LogP contribution in [0.3, 0.4) is 0 Å². The van der Waals surface area contributed by atoms with Crippen molar-refractivity contribution in [1.29, 1.82) is 0 Å². The van der Waals surface area contributed by atoms with Crippen LogP contribution in [-0.2, 0) is 5.41 Å². The Balaban J connectivity index is 0.821. The highest BCUT2D eigenvalue weighted by Crippen LogP contribution is 2.63. The first kappa shape index (κ1) is 45.5. The molecule has 17 rings (SSSR count). The Labute approximate surface area is 470 Å². The van der Waals surface area contributed by atoms with Gasteiger partial charge in [0, 0.05) is 33.5 Å².